The molecule has 3 aromatic rings. The Morgan fingerprint density at radius 1 is 1.12 bits per heavy atom. The standard InChI is InChI=1S/C21H19F2NO2/c1-4-16(18-9-14(22)6-5-12(18)2)21-13(3)24(11-20(25)26)19-10-15(23)7-8-17(19)21/h4-10H,11H2,1-3H3,(H,25,26)/b16-4+. The summed E-state index contributed by atoms with van der Waals surface area (Å²) in [4.78, 5) is 11.3. The minimum absolute atomic E-state index is 0.273. The molecule has 3 nitrogen and oxygen atoms in total. The van der Waals surface area contributed by atoms with E-state index in [1.54, 1.807) is 23.6 Å². The maximum Gasteiger partial charge on any atom is 0.323 e. The van der Waals surface area contributed by atoms with Crippen molar-refractivity contribution < 1.29 is 18.7 Å². The smallest absolute Gasteiger partial charge is 0.323 e. The molecule has 2 aromatic carbocycles. The van der Waals surface area contributed by atoms with Gasteiger partial charge in [0.1, 0.15) is 18.2 Å². The van der Waals surface area contributed by atoms with E-state index >= 15 is 0 Å². The Bertz CT molecular complexity index is 1050. The van der Waals surface area contributed by atoms with Crippen LogP contribution >= 0.6 is 0 Å². The molecule has 1 heterocycles. The predicted molar refractivity (Wildman–Crippen MR) is 98.2 cm³/mol. The fourth-order valence-electron chi connectivity index (χ4n) is 3.45. The Morgan fingerprint density at radius 2 is 1.77 bits per heavy atom. The fraction of sp³-hybridized carbons (Fsp3) is 0.190. The number of nitrogens with zero attached hydrogens (tertiary/aromatic N) is 1. The summed E-state index contributed by atoms with van der Waals surface area (Å²) in [6, 6.07) is 8.90. The molecule has 0 amide bonds. The van der Waals surface area contributed by atoms with Gasteiger partial charge in [0.05, 0.1) is 5.52 Å². The third kappa shape index (κ3) is 3.01. The van der Waals surface area contributed by atoms with Gasteiger partial charge in [-0.15, -0.1) is 0 Å². The number of fused-ring (bicyclic) bond motifs is 1. The lowest BCUT2D eigenvalue weighted by Gasteiger charge is -2.12. The molecule has 0 fully saturated rings. The lowest BCUT2D eigenvalue weighted by molar-refractivity contribution is -0.137. The largest absolute Gasteiger partial charge is 0.480 e. The molecule has 0 unspecified atom stereocenters. The fourth-order valence-corrected chi connectivity index (χ4v) is 3.45. The first-order chi connectivity index (χ1) is 12.3. The first-order valence-corrected chi connectivity index (χ1v) is 8.26. The highest BCUT2D eigenvalue weighted by atomic mass is 19.1. The van der Waals surface area contributed by atoms with Crippen molar-refractivity contribution in [2.45, 2.75) is 27.3 Å². The van der Waals surface area contributed by atoms with Crippen molar-refractivity contribution in [3.8, 4) is 0 Å². The van der Waals surface area contributed by atoms with E-state index in [0.717, 1.165) is 27.6 Å². The molecular weight excluding hydrogens is 336 g/mol. The molecule has 0 aliphatic carbocycles. The van der Waals surface area contributed by atoms with Crippen LogP contribution < -0.4 is 0 Å². The van der Waals surface area contributed by atoms with Gasteiger partial charge in [-0.05, 0) is 67.8 Å². The number of aromatic nitrogens is 1. The van der Waals surface area contributed by atoms with Gasteiger partial charge in [0.15, 0.2) is 0 Å². The summed E-state index contributed by atoms with van der Waals surface area (Å²) < 4.78 is 29.2. The van der Waals surface area contributed by atoms with Crippen LogP contribution in [-0.2, 0) is 11.3 Å². The molecule has 3 rings (SSSR count). The van der Waals surface area contributed by atoms with Crippen molar-refractivity contribution in [2.75, 3.05) is 0 Å². The Kier molecular flexibility index (Phi) is 4.64. The summed E-state index contributed by atoms with van der Waals surface area (Å²) in [5, 5.41) is 9.98. The summed E-state index contributed by atoms with van der Waals surface area (Å²) in [6.45, 7) is 5.27. The molecule has 134 valence electrons. The summed E-state index contributed by atoms with van der Waals surface area (Å²) in [5.41, 5.74) is 4.42. The molecule has 0 aliphatic heterocycles. The van der Waals surface area contributed by atoms with Gasteiger partial charge in [0.25, 0.3) is 0 Å². The van der Waals surface area contributed by atoms with Crippen molar-refractivity contribution in [3.63, 3.8) is 0 Å². The summed E-state index contributed by atoms with van der Waals surface area (Å²) in [7, 11) is 0. The van der Waals surface area contributed by atoms with E-state index in [-0.39, 0.29) is 12.4 Å². The van der Waals surface area contributed by atoms with Crippen molar-refractivity contribution in [1.82, 2.24) is 4.57 Å². The van der Waals surface area contributed by atoms with E-state index in [4.69, 9.17) is 0 Å². The summed E-state index contributed by atoms with van der Waals surface area (Å²) >= 11 is 0. The van der Waals surface area contributed by atoms with E-state index in [1.807, 2.05) is 19.9 Å². The van der Waals surface area contributed by atoms with Crippen molar-refractivity contribution in [3.05, 3.63) is 76.5 Å². The number of rotatable bonds is 4. The molecule has 0 atom stereocenters. The number of carboxylic acid groups (broad SMARTS) is 1. The number of hydrogen-bond acceptors (Lipinski definition) is 1. The molecule has 0 saturated heterocycles. The number of aryl methyl sites for hydroxylation is 1. The molecular formula is C21H19F2NO2. The van der Waals surface area contributed by atoms with Gasteiger partial charge in [0.2, 0.25) is 0 Å². The second-order valence-corrected chi connectivity index (χ2v) is 6.26. The minimum Gasteiger partial charge on any atom is -0.480 e. The summed E-state index contributed by atoms with van der Waals surface area (Å²) in [6.07, 6.45) is 1.87. The highest BCUT2D eigenvalue weighted by molar-refractivity contribution is 5.99. The number of allylic oxidation sites excluding steroid dienone is 1. The molecule has 1 aromatic heterocycles. The van der Waals surface area contributed by atoms with Crippen LogP contribution in [-0.4, -0.2) is 15.6 Å². The van der Waals surface area contributed by atoms with E-state index < -0.39 is 11.8 Å². The molecule has 0 spiro atoms. The Hall–Kier alpha value is -2.95. The normalized spacial score (nSPS) is 12.0. The van der Waals surface area contributed by atoms with Crippen LogP contribution in [0.3, 0.4) is 0 Å². The zero-order valence-electron chi connectivity index (χ0n) is 14.8. The lowest BCUT2D eigenvalue weighted by Crippen LogP contribution is -2.10. The first kappa shape index (κ1) is 17.9. The van der Waals surface area contributed by atoms with Crippen molar-refractivity contribution in [2.24, 2.45) is 0 Å². The molecule has 1 N–H and O–H groups in total. The van der Waals surface area contributed by atoms with Gasteiger partial charge in [-0.1, -0.05) is 12.1 Å². The third-order valence-corrected chi connectivity index (χ3v) is 4.63. The minimum atomic E-state index is -1.01. The number of aliphatic carboxylic acids is 1. The van der Waals surface area contributed by atoms with Crippen LogP contribution in [0.4, 0.5) is 8.78 Å². The van der Waals surface area contributed by atoms with Gasteiger partial charge in [-0.2, -0.15) is 0 Å². The van der Waals surface area contributed by atoms with Crippen LogP contribution in [0.1, 0.15) is 29.3 Å². The van der Waals surface area contributed by atoms with Gasteiger partial charge in [-0.3, -0.25) is 4.79 Å². The number of carbonyl (C=O) groups is 1. The van der Waals surface area contributed by atoms with Crippen LogP contribution in [0.25, 0.3) is 16.5 Å². The number of hydrogen-bond donors (Lipinski definition) is 1. The van der Waals surface area contributed by atoms with Crippen LogP contribution in [0.15, 0.2) is 42.5 Å². The molecule has 5 heteroatoms. The zero-order chi connectivity index (χ0) is 19.0. The second kappa shape index (κ2) is 6.75. The number of carboxylic acids is 1. The number of halogens is 2. The van der Waals surface area contributed by atoms with Crippen LogP contribution in [0.5, 0.6) is 0 Å². The predicted octanol–water partition coefficient (Wildman–Crippen LogP) is 5.07. The molecule has 0 radical (unpaired) electrons. The first-order valence-electron chi connectivity index (χ1n) is 8.26. The molecule has 0 aliphatic rings. The average Bonchev–Trinajstić information content (AvgIpc) is 2.84. The highest BCUT2D eigenvalue weighted by Gasteiger charge is 2.21. The topological polar surface area (TPSA) is 42.2 Å². The van der Waals surface area contributed by atoms with E-state index in [2.05, 4.69) is 0 Å². The van der Waals surface area contributed by atoms with Gasteiger partial charge in [-0.25, -0.2) is 8.78 Å². The van der Waals surface area contributed by atoms with Crippen molar-refractivity contribution >= 4 is 22.4 Å². The summed E-state index contributed by atoms with van der Waals surface area (Å²) in [5.74, 6) is -1.79. The lowest BCUT2D eigenvalue weighted by atomic mass is 9.92. The Balaban J connectivity index is 2.35. The molecule has 0 bridgehead atoms. The van der Waals surface area contributed by atoms with Crippen molar-refractivity contribution in [1.29, 1.82) is 0 Å². The number of benzene rings is 2. The quantitative estimate of drug-likeness (QED) is 0.710. The Labute approximate surface area is 150 Å². The molecule has 26 heavy (non-hydrogen) atoms. The maximum atomic E-state index is 13.8. The second-order valence-electron chi connectivity index (χ2n) is 6.26. The Morgan fingerprint density at radius 3 is 2.42 bits per heavy atom. The highest BCUT2D eigenvalue weighted by Crippen LogP contribution is 2.36. The molecule has 0 saturated carbocycles. The van der Waals surface area contributed by atoms with E-state index in [9.17, 15) is 18.7 Å². The van der Waals surface area contributed by atoms with Crippen LogP contribution in [0.2, 0.25) is 0 Å². The average molecular weight is 355 g/mol. The van der Waals surface area contributed by atoms with Crippen LogP contribution in [0, 0.1) is 25.5 Å². The zero-order valence-corrected chi connectivity index (χ0v) is 14.8. The van der Waals surface area contributed by atoms with Gasteiger partial charge in [0, 0.05) is 16.6 Å². The SMILES string of the molecule is C/C=C(\c1cc(F)ccc1C)c1c(C)n(CC(=O)O)c2cc(F)ccc12. The third-order valence-electron chi connectivity index (χ3n) is 4.63. The van der Waals surface area contributed by atoms with E-state index in [0.29, 0.717) is 11.2 Å². The van der Waals surface area contributed by atoms with Gasteiger partial charge < -0.3 is 9.67 Å². The van der Waals surface area contributed by atoms with E-state index in [1.165, 1.54) is 24.3 Å². The maximum absolute atomic E-state index is 13.8. The van der Waals surface area contributed by atoms with Gasteiger partial charge >= 0.3 is 5.97 Å². The monoisotopic (exact) mass is 355 g/mol.